The average Bonchev–Trinajstić information content (AvgIpc) is 2.38. The van der Waals surface area contributed by atoms with Crippen molar-refractivity contribution in [3.05, 3.63) is 35.1 Å². The molecule has 1 N–H and O–H groups in total. The number of carbonyl (C=O) groups is 1. The first kappa shape index (κ1) is 17.9. The van der Waals surface area contributed by atoms with Gasteiger partial charge in [0.25, 0.3) is 5.91 Å². The van der Waals surface area contributed by atoms with Gasteiger partial charge < -0.3 is 10.1 Å². The van der Waals surface area contributed by atoms with Gasteiger partial charge in [0, 0.05) is 12.4 Å². The Morgan fingerprint density at radius 3 is 2.62 bits per heavy atom. The molecule has 0 saturated carbocycles. The first-order valence-corrected chi connectivity index (χ1v) is 7.14. The van der Waals surface area contributed by atoms with Crippen LogP contribution in [0.2, 0.25) is 0 Å². The first-order chi connectivity index (χ1) is 9.79. The van der Waals surface area contributed by atoms with Crippen molar-refractivity contribution in [3.63, 3.8) is 0 Å². The topological polar surface area (TPSA) is 38.3 Å². The number of hydrogen-bond donors (Lipinski definition) is 1. The monoisotopic (exact) mass is 371 g/mol. The van der Waals surface area contributed by atoms with Crippen LogP contribution < -0.4 is 5.32 Å². The lowest BCUT2D eigenvalue weighted by Crippen LogP contribution is -2.38. The Bertz CT molecular complexity index is 488. The van der Waals surface area contributed by atoms with Crippen molar-refractivity contribution in [2.75, 3.05) is 19.0 Å². The summed E-state index contributed by atoms with van der Waals surface area (Å²) in [4.78, 5) is 11.9. The lowest BCUT2D eigenvalue weighted by atomic mass is 10.1. The minimum atomic E-state index is -4.63. The minimum absolute atomic E-state index is 0.178. The van der Waals surface area contributed by atoms with Gasteiger partial charge in [-0.25, -0.2) is 4.39 Å². The molecule has 8 heteroatoms. The van der Waals surface area contributed by atoms with Crippen molar-refractivity contribution in [3.8, 4) is 0 Å². The van der Waals surface area contributed by atoms with E-state index in [0.717, 1.165) is 0 Å². The molecule has 1 unspecified atom stereocenters. The number of halogens is 5. The van der Waals surface area contributed by atoms with Gasteiger partial charge in [0.15, 0.2) is 0 Å². The largest absolute Gasteiger partial charge is 0.416 e. The van der Waals surface area contributed by atoms with Gasteiger partial charge >= 0.3 is 6.18 Å². The number of ether oxygens (including phenoxy) is 1. The van der Waals surface area contributed by atoms with Crippen LogP contribution in [0.1, 0.15) is 22.3 Å². The molecule has 0 spiro atoms. The summed E-state index contributed by atoms with van der Waals surface area (Å²) in [5.41, 5.74) is -1.71. The Labute approximate surface area is 127 Å². The lowest BCUT2D eigenvalue weighted by Gasteiger charge is -2.17. The predicted molar refractivity (Wildman–Crippen MR) is 72.9 cm³/mol. The fraction of sp³-hybridized carbons (Fsp3) is 0.462. The number of hydrogen-bond acceptors (Lipinski definition) is 2. The molecule has 0 fully saturated rings. The molecule has 1 atom stereocenters. The van der Waals surface area contributed by atoms with Crippen molar-refractivity contribution in [1.82, 2.24) is 5.32 Å². The summed E-state index contributed by atoms with van der Waals surface area (Å²) in [5, 5.41) is 3.02. The van der Waals surface area contributed by atoms with Crippen LogP contribution in [-0.4, -0.2) is 31.0 Å². The summed E-state index contributed by atoms with van der Waals surface area (Å²) < 4.78 is 56.2. The van der Waals surface area contributed by atoms with Gasteiger partial charge in [0.1, 0.15) is 5.82 Å². The Morgan fingerprint density at radius 1 is 1.43 bits per heavy atom. The lowest BCUT2D eigenvalue weighted by molar-refractivity contribution is -0.137. The molecule has 0 aliphatic rings. The maximum Gasteiger partial charge on any atom is 0.416 e. The molecule has 0 aliphatic carbocycles. The number of benzene rings is 1. The molecule has 3 nitrogen and oxygen atoms in total. The Balaban J connectivity index is 2.95. The SMILES string of the molecule is COCC(CCBr)NC(=O)c1cc(C(F)(F)F)ccc1F. The van der Waals surface area contributed by atoms with Crippen LogP contribution in [0.3, 0.4) is 0 Å². The molecular weight excluding hydrogens is 358 g/mol. The molecule has 21 heavy (non-hydrogen) atoms. The fourth-order valence-electron chi connectivity index (χ4n) is 1.67. The highest BCUT2D eigenvalue weighted by Crippen LogP contribution is 2.30. The van der Waals surface area contributed by atoms with Crippen LogP contribution in [0.15, 0.2) is 18.2 Å². The van der Waals surface area contributed by atoms with Crippen molar-refractivity contribution >= 4 is 21.8 Å². The van der Waals surface area contributed by atoms with Gasteiger partial charge in [0.05, 0.1) is 23.8 Å². The summed E-state index contributed by atoms with van der Waals surface area (Å²) >= 11 is 3.19. The Morgan fingerprint density at radius 2 is 2.10 bits per heavy atom. The maximum absolute atomic E-state index is 13.6. The van der Waals surface area contributed by atoms with E-state index in [9.17, 15) is 22.4 Å². The zero-order valence-electron chi connectivity index (χ0n) is 11.1. The van der Waals surface area contributed by atoms with Crippen LogP contribution >= 0.6 is 15.9 Å². The highest BCUT2D eigenvalue weighted by atomic mass is 79.9. The quantitative estimate of drug-likeness (QED) is 0.614. The third kappa shape index (κ3) is 5.28. The standard InChI is InChI=1S/C13H14BrF4NO2/c1-21-7-9(4-5-14)19-12(20)10-6-8(13(16,17)18)2-3-11(10)15/h2-3,6,9H,4-5,7H2,1H3,(H,19,20). The van der Waals surface area contributed by atoms with Crippen LogP contribution in [0.5, 0.6) is 0 Å². The molecule has 1 aromatic carbocycles. The number of alkyl halides is 4. The van der Waals surface area contributed by atoms with Crippen LogP contribution in [-0.2, 0) is 10.9 Å². The van der Waals surface area contributed by atoms with E-state index in [-0.39, 0.29) is 6.61 Å². The molecule has 0 radical (unpaired) electrons. The minimum Gasteiger partial charge on any atom is -0.383 e. The highest BCUT2D eigenvalue weighted by Gasteiger charge is 2.32. The molecule has 0 bridgehead atoms. The number of nitrogens with one attached hydrogen (secondary N) is 1. The molecular formula is C13H14BrF4NO2. The van der Waals surface area contributed by atoms with E-state index < -0.39 is 35.1 Å². The van der Waals surface area contributed by atoms with E-state index in [1.807, 2.05) is 0 Å². The second kappa shape index (κ2) is 7.74. The van der Waals surface area contributed by atoms with Gasteiger partial charge in [-0.1, -0.05) is 15.9 Å². The molecule has 0 aliphatic heterocycles. The normalized spacial score (nSPS) is 13.0. The molecule has 1 rings (SSSR count). The van der Waals surface area contributed by atoms with Gasteiger partial charge in [0.2, 0.25) is 0 Å². The number of carbonyl (C=O) groups excluding carboxylic acids is 1. The average molecular weight is 372 g/mol. The Hall–Kier alpha value is -1.15. The van der Waals surface area contributed by atoms with E-state index in [1.54, 1.807) is 0 Å². The second-order valence-electron chi connectivity index (χ2n) is 4.30. The zero-order valence-corrected chi connectivity index (χ0v) is 12.7. The van der Waals surface area contributed by atoms with Gasteiger partial charge in [-0.05, 0) is 24.6 Å². The zero-order chi connectivity index (χ0) is 16.0. The summed E-state index contributed by atoms with van der Waals surface area (Å²) in [7, 11) is 1.43. The van der Waals surface area contributed by atoms with Crippen LogP contribution in [0.4, 0.5) is 17.6 Å². The third-order valence-corrected chi connectivity index (χ3v) is 3.16. The van der Waals surface area contributed by atoms with Gasteiger partial charge in [-0.15, -0.1) is 0 Å². The number of amides is 1. The van der Waals surface area contributed by atoms with E-state index >= 15 is 0 Å². The van der Waals surface area contributed by atoms with E-state index in [0.29, 0.717) is 30.0 Å². The molecule has 0 aromatic heterocycles. The first-order valence-electron chi connectivity index (χ1n) is 6.02. The van der Waals surface area contributed by atoms with Crippen LogP contribution in [0, 0.1) is 5.82 Å². The van der Waals surface area contributed by atoms with Gasteiger partial charge in [-0.2, -0.15) is 13.2 Å². The third-order valence-electron chi connectivity index (χ3n) is 2.70. The highest BCUT2D eigenvalue weighted by molar-refractivity contribution is 9.09. The second-order valence-corrected chi connectivity index (χ2v) is 5.09. The number of methoxy groups -OCH3 is 1. The van der Waals surface area contributed by atoms with Crippen molar-refractivity contribution < 1.29 is 27.1 Å². The predicted octanol–water partition coefficient (Wildman–Crippen LogP) is 3.37. The maximum atomic E-state index is 13.6. The summed E-state index contributed by atoms with van der Waals surface area (Å²) in [5.74, 6) is -1.91. The Kier molecular flexibility index (Phi) is 6.60. The fourth-order valence-corrected chi connectivity index (χ4v) is 2.22. The van der Waals surface area contributed by atoms with E-state index in [1.165, 1.54) is 7.11 Å². The molecule has 1 amide bonds. The summed E-state index contributed by atoms with van der Waals surface area (Å²) in [6.07, 6.45) is -4.13. The van der Waals surface area contributed by atoms with E-state index in [2.05, 4.69) is 21.2 Å². The molecule has 118 valence electrons. The van der Waals surface area contributed by atoms with Gasteiger partial charge in [-0.3, -0.25) is 4.79 Å². The van der Waals surface area contributed by atoms with Crippen LogP contribution in [0.25, 0.3) is 0 Å². The molecule has 0 saturated heterocycles. The summed E-state index contributed by atoms with van der Waals surface area (Å²) in [6.45, 7) is 0.178. The molecule has 1 aromatic rings. The van der Waals surface area contributed by atoms with E-state index in [4.69, 9.17) is 4.74 Å². The number of rotatable bonds is 6. The van der Waals surface area contributed by atoms with Crippen molar-refractivity contribution in [2.45, 2.75) is 18.6 Å². The smallest absolute Gasteiger partial charge is 0.383 e. The van der Waals surface area contributed by atoms with Crippen molar-refractivity contribution in [2.24, 2.45) is 0 Å². The van der Waals surface area contributed by atoms with Crippen molar-refractivity contribution in [1.29, 1.82) is 0 Å². The molecule has 0 heterocycles. The summed E-state index contributed by atoms with van der Waals surface area (Å²) in [6, 6.07) is 1.31.